The molecule has 0 fully saturated rings. The molecule has 0 spiro atoms. The summed E-state index contributed by atoms with van der Waals surface area (Å²) in [4.78, 5) is 34.5. The number of hydrogen-bond donors (Lipinski definition) is 4. The van der Waals surface area contributed by atoms with Gasteiger partial charge in [-0.2, -0.15) is 0 Å². The Morgan fingerprint density at radius 3 is 2.42 bits per heavy atom. The van der Waals surface area contributed by atoms with Crippen LogP contribution in [0.25, 0.3) is 0 Å². The number of carbonyl (C=O) groups is 3. The molecule has 0 saturated heterocycles. The number of nitrogens with one attached hydrogen (secondary N) is 3. The number of amides is 3. The molecule has 1 atom stereocenters. The van der Waals surface area contributed by atoms with Crippen molar-refractivity contribution in [3.8, 4) is 17.6 Å². The van der Waals surface area contributed by atoms with E-state index in [9.17, 15) is 14.4 Å². The van der Waals surface area contributed by atoms with Gasteiger partial charge in [0, 0.05) is 12.6 Å². The summed E-state index contributed by atoms with van der Waals surface area (Å²) in [6, 6.07) is 6.84. The standard InChI is InChI=1S/C16H19N3O5/c1-17-15(21)10-18-16(22)12(9-14(20)19-23)6-3-11-4-7-13(24-2)8-5-11/h4-5,7-8,12,23H,9-10H2,1-2H3,(H,17,21)(H,18,22)(H,19,20). The molecule has 0 heterocycles. The van der Waals surface area contributed by atoms with Crippen LogP contribution in [0.4, 0.5) is 0 Å². The zero-order valence-electron chi connectivity index (χ0n) is 13.4. The molecule has 1 rings (SSSR count). The molecule has 0 radical (unpaired) electrons. The third-order valence-corrected chi connectivity index (χ3v) is 3.01. The molecule has 0 aliphatic rings. The second-order valence-electron chi connectivity index (χ2n) is 4.68. The summed E-state index contributed by atoms with van der Waals surface area (Å²) >= 11 is 0. The summed E-state index contributed by atoms with van der Waals surface area (Å²) in [5.41, 5.74) is 2.09. The predicted octanol–water partition coefficient (Wildman–Crippen LogP) is -0.579. The van der Waals surface area contributed by atoms with Crippen molar-refractivity contribution in [2.75, 3.05) is 20.7 Å². The second kappa shape index (κ2) is 9.86. The Labute approximate surface area is 139 Å². The van der Waals surface area contributed by atoms with Crippen LogP contribution in [-0.4, -0.2) is 43.6 Å². The van der Waals surface area contributed by atoms with Crippen LogP contribution < -0.4 is 20.9 Å². The van der Waals surface area contributed by atoms with E-state index in [0.29, 0.717) is 11.3 Å². The first-order valence-corrected chi connectivity index (χ1v) is 7.07. The van der Waals surface area contributed by atoms with Gasteiger partial charge in [0.2, 0.25) is 17.7 Å². The van der Waals surface area contributed by atoms with Gasteiger partial charge in [0.05, 0.1) is 20.1 Å². The highest BCUT2D eigenvalue weighted by Crippen LogP contribution is 2.11. The number of rotatable bonds is 6. The topological polar surface area (TPSA) is 117 Å². The fourth-order valence-corrected chi connectivity index (χ4v) is 1.66. The molecule has 3 amide bonds. The van der Waals surface area contributed by atoms with Crippen molar-refractivity contribution in [1.29, 1.82) is 0 Å². The fourth-order valence-electron chi connectivity index (χ4n) is 1.66. The highest BCUT2D eigenvalue weighted by molar-refractivity contribution is 5.90. The maximum atomic E-state index is 12.1. The molecule has 0 aromatic heterocycles. The van der Waals surface area contributed by atoms with E-state index in [4.69, 9.17) is 9.94 Å². The van der Waals surface area contributed by atoms with Crippen molar-refractivity contribution < 1.29 is 24.3 Å². The minimum atomic E-state index is -1.01. The van der Waals surface area contributed by atoms with E-state index in [-0.39, 0.29) is 18.9 Å². The molecule has 0 aliphatic carbocycles. The zero-order valence-corrected chi connectivity index (χ0v) is 13.4. The van der Waals surface area contributed by atoms with E-state index in [0.717, 1.165) is 0 Å². The normalized spacial score (nSPS) is 10.6. The third-order valence-electron chi connectivity index (χ3n) is 3.01. The van der Waals surface area contributed by atoms with Gasteiger partial charge >= 0.3 is 0 Å². The molecule has 24 heavy (non-hydrogen) atoms. The van der Waals surface area contributed by atoms with E-state index in [2.05, 4.69) is 22.5 Å². The van der Waals surface area contributed by atoms with Crippen LogP contribution in [0.1, 0.15) is 12.0 Å². The number of hydrogen-bond acceptors (Lipinski definition) is 5. The van der Waals surface area contributed by atoms with Gasteiger partial charge in [0.1, 0.15) is 11.7 Å². The molecular weight excluding hydrogens is 314 g/mol. The molecule has 128 valence electrons. The molecule has 1 aromatic carbocycles. The lowest BCUT2D eigenvalue weighted by Gasteiger charge is -2.10. The van der Waals surface area contributed by atoms with E-state index in [1.54, 1.807) is 31.4 Å². The summed E-state index contributed by atoms with van der Waals surface area (Å²) < 4.78 is 5.03. The summed E-state index contributed by atoms with van der Waals surface area (Å²) in [5, 5.41) is 13.3. The Morgan fingerprint density at radius 1 is 1.21 bits per heavy atom. The number of hydroxylamine groups is 1. The first kappa shape index (κ1) is 19.0. The average Bonchev–Trinajstić information content (AvgIpc) is 2.62. The molecule has 1 unspecified atom stereocenters. The number of benzene rings is 1. The first-order chi connectivity index (χ1) is 11.5. The zero-order chi connectivity index (χ0) is 17.9. The van der Waals surface area contributed by atoms with Crippen LogP contribution in [0, 0.1) is 17.8 Å². The summed E-state index contributed by atoms with van der Waals surface area (Å²) in [7, 11) is 2.98. The Bertz CT molecular complexity index is 646. The lowest BCUT2D eigenvalue weighted by molar-refractivity contribution is -0.133. The average molecular weight is 333 g/mol. The quantitative estimate of drug-likeness (QED) is 0.316. The van der Waals surface area contributed by atoms with Gasteiger partial charge < -0.3 is 15.4 Å². The van der Waals surface area contributed by atoms with Crippen LogP contribution in [0.3, 0.4) is 0 Å². The Morgan fingerprint density at radius 2 is 1.88 bits per heavy atom. The lowest BCUT2D eigenvalue weighted by Crippen LogP contribution is -2.39. The highest BCUT2D eigenvalue weighted by atomic mass is 16.5. The fraction of sp³-hybridized carbons (Fsp3) is 0.312. The minimum Gasteiger partial charge on any atom is -0.497 e. The summed E-state index contributed by atoms with van der Waals surface area (Å²) in [6.45, 7) is -0.225. The lowest BCUT2D eigenvalue weighted by atomic mass is 10.0. The molecule has 8 heteroatoms. The van der Waals surface area contributed by atoms with Crippen molar-refractivity contribution in [2.24, 2.45) is 5.92 Å². The molecule has 0 bridgehead atoms. The maximum Gasteiger partial charge on any atom is 0.245 e. The van der Waals surface area contributed by atoms with Crippen molar-refractivity contribution in [3.05, 3.63) is 29.8 Å². The third kappa shape index (κ3) is 6.37. The van der Waals surface area contributed by atoms with Gasteiger partial charge in [-0.1, -0.05) is 11.8 Å². The molecule has 4 N–H and O–H groups in total. The summed E-state index contributed by atoms with van der Waals surface area (Å²) in [6.07, 6.45) is -0.334. The van der Waals surface area contributed by atoms with Gasteiger partial charge in [-0.05, 0) is 24.3 Å². The number of methoxy groups -OCH3 is 1. The maximum absolute atomic E-state index is 12.1. The predicted molar refractivity (Wildman–Crippen MR) is 85.0 cm³/mol. The van der Waals surface area contributed by atoms with Gasteiger partial charge in [0.25, 0.3) is 0 Å². The van der Waals surface area contributed by atoms with Crippen molar-refractivity contribution >= 4 is 17.7 Å². The Hall–Kier alpha value is -3.05. The van der Waals surface area contributed by atoms with Gasteiger partial charge in [0.15, 0.2) is 0 Å². The van der Waals surface area contributed by atoms with E-state index >= 15 is 0 Å². The molecule has 8 nitrogen and oxygen atoms in total. The second-order valence-corrected chi connectivity index (χ2v) is 4.68. The smallest absolute Gasteiger partial charge is 0.245 e. The molecule has 0 aliphatic heterocycles. The van der Waals surface area contributed by atoms with Gasteiger partial charge in [-0.25, -0.2) is 5.48 Å². The Kier molecular flexibility index (Phi) is 7.81. The number of ether oxygens (including phenoxy) is 1. The number of carbonyl (C=O) groups excluding carboxylic acids is 3. The molecule has 0 saturated carbocycles. The molecular formula is C16H19N3O5. The first-order valence-electron chi connectivity index (χ1n) is 7.07. The Balaban J connectivity index is 2.85. The van der Waals surface area contributed by atoms with Crippen molar-refractivity contribution in [3.63, 3.8) is 0 Å². The minimum absolute atomic E-state index is 0.225. The monoisotopic (exact) mass is 333 g/mol. The van der Waals surface area contributed by atoms with Gasteiger partial charge in [-0.3, -0.25) is 19.6 Å². The van der Waals surface area contributed by atoms with Crippen LogP contribution >= 0.6 is 0 Å². The molecule has 1 aromatic rings. The highest BCUT2D eigenvalue weighted by Gasteiger charge is 2.20. The van der Waals surface area contributed by atoms with E-state index in [1.807, 2.05) is 0 Å². The van der Waals surface area contributed by atoms with Crippen LogP contribution in [-0.2, 0) is 14.4 Å². The SMILES string of the molecule is CNC(=O)CNC(=O)C(C#Cc1ccc(OC)cc1)CC(=O)NO. The van der Waals surface area contributed by atoms with Crippen molar-refractivity contribution in [2.45, 2.75) is 6.42 Å². The van der Waals surface area contributed by atoms with E-state index < -0.39 is 17.7 Å². The largest absolute Gasteiger partial charge is 0.497 e. The van der Waals surface area contributed by atoms with Crippen molar-refractivity contribution in [1.82, 2.24) is 16.1 Å². The van der Waals surface area contributed by atoms with Crippen LogP contribution in [0.5, 0.6) is 5.75 Å². The summed E-state index contributed by atoms with van der Waals surface area (Å²) in [5.74, 6) is 3.40. The van der Waals surface area contributed by atoms with Gasteiger partial charge in [-0.15, -0.1) is 0 Å². The van der Waals surface area contributed by atoms with Crippen LogP contribution in [0.15, 0.2) is 24.3 Å². The van der Waals surface area contributed by atoms with Crippen LogP contribution in [0.2, 0.25) is 0 Å². The number of likely N-dealkylation sites (N-methyl/N-ethyl adjacent to an activating group) is 1. The van der Waals surface area contributed by atoms with E-state index in [1.165, 1.54) is 12.5 Å².